The van der Waals surface area contributed by atoms with Crippen LogP contribution in [-0.2, 0) is 14.3 Å². The molecule has 0 fully saturated rings. The maximum Gasteiger partial charge on any atom is 0.313 e. The van der Waals surface area contributed by atoms with Crippen molar-refractivity contribution >= 4 is 11.9 Å². The molecule has 0 amide bonds. The molecule has 0 aromatic rings. The van der Waals surface area contributed by atoms with E-state index in [0.717, 1.165) is 12.8 Å². The Morgan fingerprint density at radius 3 is 1.85 bits per heavy atom. The standard InChI is InChI=1S/C15H29NO4/c1-7-9-15(10-8-2,14(18)19)13(20-12(3)17)11-16(4,5)6/h13H,7-11H2,1-6H3/p+1. The number of hydrogen-bond acceptors (Lipinski definition) is 3. The minimum absolute atomic E-state index is 0.415. The Kier molecular flexibility index (Phi) is 7.20. The first kappa shape index (κ1) is 18.9. The van der Waals surface area contributed by atoms with Crippen LogP contribution in [0, 0.1) is 5.41 Å². The van der Waals surface area contributed by atoms with Gasteiger partial charge in [-0.2, -0.15) is 0 Å². The summed E-state index contributed by atoms with van der Waals surface area (Å²) in [6.45, 7) is 5.76. The van der Waals surface area contributed by atoms with Gasteiger partial charge in [-0.15, -0.1) is 0 Å². The molecule has 20 heavy (non-hydrogen) atoms. The molecular formula is C15H30NO4+. The molecule has 0 aliphatic carbocycles. The molecule has 0 aliphatic rings. The van der Waals surface area contributed by atoms with Crippen molar-refractivity contribution in [2.24, 2.45) is 5.41 Å². The van der Waals surface area contributed by atoms with Crippen LogP contribution in [0.3, 0.4) is 0 Å². The second-order valence-corrected chi connectivity index (χ2v) is 6.53. The Morgan fingerprint density at radius 2 is 1.60 bits per heavy atom. The highest BCUT2D eigenvalue weighted by atomic mass is 16.5. The lowest BCUT2D eigenvalue weighted by atomic mass is 9.74. The van der Waals surface area contributed by atoms with Gasteiger partial charge in [0.25, 0.3) is 0 Å². The lowest BCUT2D eigenvalue weighted by Crippen LogP contribution is -2.53. The van der Waals surface area contributed by atoms with Crippen molar-refractivity contribution in [2.75, 3.05) is 27.7 Å². The average molecular weight is 288 g/mol. The van der Waals surface area contributed by atoms with Crippen LogP contribution >= 0.6 is 0 Å². The number of carboxylic acids is 1. The Labute approximate surface area is 122 Å². The van der Waals surface area contributed by atoms with Crippen molar-refractivity contribution < 1.29 is 23.9 Å². The third-order valence-electron chi connectivity index (χ3n) is 3.46. The van der Waals surface area contributed by atoms with E-state index in [-0.39, 0.29) is 0 Å². The van der Waals surface area contributed by atoms with E-state index in [1.165, 1.54) is 6.92 Å². The number of rotatable bonds is 9. The molecule has 0 radical (unpaired) electrons. The number of likely N-dealkylation sites (N-methyl/N-ethyl adjacent to an activating group) is 1. The van der Waals surface area contributed by atoms with Gasteiger partial charge in [0.2, 0.25) is 0 Å². The van der Waals surface area contributed by atoms with Crippen molar-refractivity contribution in [1.82, 2.24) is 0 Å². The van der Waals surface area contributed by atoms with Gasteiger partial charge in [0, 0.05) is 6.92 Å². The van der Waals surface area contributed by atoms with E-state index in [1.807, 2.05) is 35.0 Å². The summed E-state index contributed by atoms with van der Waals surface area (Å²) in [7, 11) is 5.92. The summed E-state index contributed by atoms with van der Waals surface area (Å²) in [4.78, 5) is 23.3. The van der Waals surface area contributed by atoms with E-state index in [2.05, 4.69) is 0 Å². The van der Waals surface area contributed by atoms with Crippen LogP contribution < -0.4 is 0 Å². The van der Waals surface area contributed by atoms with Crippen molar-refractivity contribution in [3.63, 3.8) is 0 Å². The third-order valence-corrected chi connectivity index (χ3v) is 3.46. The molecule has 0 aliphatic heterocycles. The molecule has 0 spiro atoms. The first-order valence-electron chi connectivity index (χ1n) is 7.30. The summed E-state index contributed by atoms with van der Waals surface area (Å²) in [5.74, 6) is -1.28. The van der Waals surface area contributed by atoms with E-state index < -0.39 is 23.5 Å². The molecule has 0 heterocycles. The van der Waals surface area contributed by atoms with E-state index in [4.69, 9.17) is 4.74 Å². The number of aliphatic carboxylic acids is 1. The predicted molar refractivity (Wildman–Crippen MR) is 78.3 cm³/mol. The smallest absolute Gasteiger partial charge is 0.313 e. The Hall–Kier alpha value is -1.10. The van der Waals surface area contributed by atoms with E-state index >= 15 is 0 Å². The van der Waals surface area contributed by atoms with Crippen LogP contribution in [-0.4, -0.2) is 55.3 Å². The summed E-state index contributed by atoms with van der Waals surface area (Å²) in [6, 6.07) is 0. The zero-order valence-corrected chi connectivity index (χ0v) is 13.7. The van der Waals surface area contributed by atoms with Gasteiger partial charge in [0.05, 0.1) is 21.1 Å². The van der Waals surface area contributed by atoms with Crippen LogP contribution in [0.15, 0.2) is 0 Å². The Morgan fingerprint density at radius 1 is 1.15 bits per heavy atom. The van der Waals surface area contributed by atoms with E-state index in [1.54, 1.807) is 0 Å². The fourth-order valence-electron chi connectivity index (χ4n) is 2.71. The highest BCUT2D eigenvalue weighted by Gasteiger charge is 2.48. The maximum absolute atomic E-state index is 11.9. The van der Waals surface area contributed by atoms with Crippen molar-refractivity contribution in [1.29, 1.82) is 0 Å². The molecule has 0 bridgehead atoms. The monoisotopic (exact) mass is 288 g/mol. The molecule has 0 saturated carbocycles. The van der Waals surface area contributed by atoms with Gasteiger partial charge in [-0.25, -0.2) is 0 Å². The first-order chi connectivity index (χ1) is 9.09. The predicted octanol–water partition coefficient (Wildman–Crippen LogP) is 2.30. The number of hydrogen-bond donors (Lipinski definition) is 1. The highest BCUT2D eigenvalue weighted by Crippen LogP contribution is 2.37. The molecule has 0 rings (SSSR count). The summed E-state index contributed by atoms with van der Waals surface area (Å²) >= 11 is 0. The first-order valence-corrected chi connectivity index (χ1v) is 7.30. The molecule has 1 unspecified atom stereocenters. The lowest BCUT2D eigenvalue weighted by Gasteiger charge is -2.39. The second kappa shape index (κ2) is 7.62. The highest BCUT2D eigenvalue weighted by molar-refractivity contribution is 5.76. The normalized spacial score (nSPS) is 13.9. The zero-order chi connectivity index (χ0) is 16.0. The van der Waals surface area contributed by atoms with E-state index in [9.17, 15) is 14.7 Å². The van der Waals surface area contributed by atoms with Gasteiger partial charge in [-0.1, -0.05) is 26.7 Å². The van der Waals surface area contributed by atoms with Crippen LogP contribution in [0.4, 0.5) is 0 Å². The Bertz CT molecular complexity index is 327. The fourth-order valence-corrected chi connectivity index (χ4v) is 2.71. The number of carbonyl (C=O) groups is 2. The summed E-state index contributed by atoms with van der Waals surface area (Å²) in [6.07, 6.45) is 1.95. The molecule has 1 atom stereocenters. The average Bonchev–Trinajstić information content (AvgIpc) is 2.24. The molecule has 5 heteroatoms. The van der Waals surface area contributed by atoms with Crippen LogP contribution in [0.25, 0.3) is 0 Å². The zero-order valence-electron chi connectivity index (χ0n) is 13.7. The minimum atomic E-state index is -0.985. The summed E-state index contributed by atoms with van der Waals surface area (Å²) in [5.41, 5.74) is -0.985. The quantitative estimate of drug-likeness (QED) is 0.522. The number of esters is 1. The third kappa shape index (κ3) is 5.49. The largest absolute Gasteiger partial charge is 0.481 e. The molecule has 0 aromatic carbocycles. The number of ether oxygens (including phenoxy) is 1. The molecule has 1 N–H and O–H groups in total. The SMILES string of the molecule is CCCC(CCC)(C(=O)O)C(C[N+](C)(C)C)OC(C)=O. The van der Waals surface area contributed by atoms with Crippen molar-refractivity contribution in [3.05, 3.63) is 0 Å². The lowest BCUT2D eigenvalue weighted by molar-refractivity contribution is -0.874. The van der Waals surface area contributed by atoms with E-state index in [0.29, 0.717) is 23.9 Å². The molecule has 118 valence electrons. The van der Waals surface area contributed by atoms with Gasteiger partial charge in [-0.3, -0.25) is 9.59 Å². The van der Waals surface area contributed by atoms with Gasteiger partial charge in [0.15, 0.2) is 6.10 Å². The van der Waals surface area contributed by atoms with Crippen molar-refractivity contribution in [3.8, 4) is 0 Å². The van der Waals surface area contributed by atoms with Crippen molar-refractivity contribution in [2.45, 2.75) is 52.6 Å². The van der Waals surface area contributed by atoms with Crippen LogP contribution in [0.2, 0.25) is 0 Å². The van der Waals surface area contributed by atoms with Gasteiger partial charge in [0.1, 0.15) is 12.0 Å². The van der Waals surface area contributed by atoms with Gasteiger partial charge >= 0.3 is 11.9 Å². The maximum atomic E-state index is 11.9. The van der Waals surface area contributed by atoms with Crippen LogP contribution in [0.1, 0.15) is 46.5 Å². The summed E-state index contributed by atoms with van der Waals surface area (Å²) < 4.78 is 5.98. The van der Waals surface area contributed by atoms with Gasteiger partial charge in [-0.05, 0) is 12.8 Å². The molecule has 5 nitrogen and oxygen atoms in total. The second-order valence-electron chi connectivity index (χ2n) is 6.53. The summed E-state index contributed by atoms with van der Waals surface area (Å²) in [5, 5.41) is 9.77. The number of quaternary nitrogens is 1. The van der Waals surface area contributed by atoms with Crippen LogP contribution in [0.5, 0.6) is 0 Å². The molecule has 0 saturated heterocycles. The minimum Gasteiger partial charge on any atom is -0.481 e. The van der Waals surface area contributed by atoms with Gasteiger partial charge < -0.3 is 14.3 Å². The number of nitrogens with zero attached hydrogens (tertiary/aromatic N) is 1. The fraction of sp³-hybridized carbons (Fsp3) is 0.867. The molecular weight excluding hydrogens is 258 g/mol. The Balaban J connectivity index is 5.57. The topological polar surface area (TPSA) is 63.6 Å². The molecule has 0 aromatic heterocycles. The number of carbonyl (C=O) groups excluding carboxylic acids is 1. The number of carboxylic acid groups (broad SMARTS) is 1.